The van der Waals surface area contributed by atoms with Crippen LogP contribution >= 0.6 is 12.4 Å². The second-order valence-corrected chi connectivity index (χ2v) is 1.69. The van der Waals surface area contributed by atoms with E-state index in [0.717, 1.165) is 13.1 Å². The maximum atomic E-state index is 8.28. The summed E-state index contributed by atoms with van der Waals surface area (Å²) in [6.45, 7) is 5.15. The van der Waals surface area contributed by atoms with Crippen molar-refractivity contribution in [2.75, 3.05) is 32.9 Å². The number of nitrogens with one attached hydrogen (secondary N) is 1. The third-order valence-corrected chi connectivity index (χ3v) is 0.909. The molecule has 0 fully saturated rings. The van der Waals surface area contributed by atoms with E-state index in [1.807, 2.05) is 6.92 Å². The predicted octanol–water partition coefficient (Wildman–Crippen LogP) is 0.0266. The van der Waals surface area contributed by atoms with Gasteiger partial charge in [0, 0.05) is 6.54 Å². The van der Waals surface area contributed by atoms with Gasteiger partial charge in [-0.3, -0.25) is 0 Å². The van der Waals surface area contributed by atoms with Crippen LogP contribution in [-0.4, -0.2) is 38.0 Å². The molecule has 0 rings (SSSR count). The van der Waals surface area contributed by atoms with Crippen LogP contribution in [-0.2, 0) is 4.74 Å². The lowest BCUT2D eigenvalue weighted by atomic mass is 10.6. The third kappa shape index (κ3) is 11.0. The maximum Gasteiger partial charge on any atom is 0.0698 e. The molecular weight excluding hydrogens is 154 g/mol. The van der Waals surface area contributed by atoms with E-state index in [-0.39, 0.29) is 19.0 Å². The van der Waals surface area contributed by atoms with Crippen molar-refractivity contribution < 1.29 is 9.84 Å². The summed E-state index contributed by atoms with van der Waals surface area (Å²) in [6.07, 6.45) is 0. The standard InChI is InChI=1S/C6H15NO2.ClH/c1-2-7-3-5-9-6-4-8;/h7-8H,2-6H2,1H3;1H. The molecule has 0 saturated carbocycles. The second-order valence-electron chi connectivity index (χ2n) is 1.69. The highest BCUT2D eigenvalue weighted by molar-refractivity contribution is 5.85. The average molecular weight is 170 g/mol. The number of aliphatic hydroxyl groups is 1. The van der Waals surface area contributed by atoms with Gasteiger partial charge in [-0.15, -0.1) is 12.4 Å². The van der Waals surface area contributed by atoms with E-state index in [1.54, 1.807) is 0 Å². The first kappa shape index (κ1) is 12.8. The van der Waals surface area contributed by atoms with Gasteiger partial charge >= 0.3 is 0 Å². The molecule has 0 heterocycles. The number of hydrogen-bond donors (Lipinski definition) is 2. The van der Waals surface area contributed by atoms with E-state index in [1.165, 1.54) is 0 Å². The average Bonchev–Trinajstić information content (AvgIpc) is 1.89. The zero-order chi connectivity index (χ0) is 6.95. The molecule has 0 aliphatic carbocycles. The Morgan fingerprint density at radius 3 is 2.60 bits per heavy atom. The normalized spacial score (nSPS) is 9.00. The summed E-state index contributed by atoms with van der Waals surface area (Å²) in [7, 11) is 0. The maximum absolute atomic E-state index is 8.28. The summed E-state index contributed by atoms with van der Waals surface area (Å²) in [4.78, 5) is 0. The largest absolute Gasteiger partial charge is 0.394 e. The van der Waals surface area contributed by atoms with Crippen molar-refractivity contribution >= 4 is 12.4 Å². The summed E-state index contributed by atoms with van der Waals surface area (Å²) in [5.74, 6) is 0. The number of halogens is 1. The molecule has 4 heteroatoms. The number of ether oxygens (including phenoxy) is 1. The first-order valence-corrected chi connectivity index (χ1v) is 3.31. The van der Waals surface area contributed by atoms with Crippen LogP contribution in [0, 0.1) is 0 Å². The van der Waals surface area contributed by atoms with Gasteiger partial charge in [0.2, 0.25) is 0 Å². The monoisotopic (exact) mass is 169 g/mol. The lowest BCUT2D eigenvalue weighted by molar-refractivity contribution is 0.0942. The minimum Gasteiger partial charge on any atom is -0.394 e. The lowest BCUT2D eigenvalue weighted by Gasteiger charge is -2.00. The first-order valence-electron chi connectivity index (χ1n) is 3.31. The Kier molecular flexibility index (Phi) is 15.3. The molecule has 0 aliphatic rings. The summed E-state index contributed by atoms with van der Waals surface area (Å²) in [6, 6.07) is 0. The number of rotatable bonds is 6. The van der Waals surface area contributed by atoms with Crippen LogP contribution in [0.2, 0.25) is 0 Å². The topological polar surface area (TPSA) is 41.5 Å². The molecule has 0 unspecified atom stereocenters. The molecule has 0 aromatic heterocycles. The second kappa shape index (κ2) is 11.9. The third-order valence-electron chi connectivity index (χ3n) is 0.909. The zero-order valence-electron chi connectivity index (χ0n) is 6.30. The lowest BCUT2D eigenvalue weighted by Crippen LogP contribution is -2.19. The molecular formula is C6H16ClNO2. The van der Waals surface area contributed by atoms with Crippen molar-refractivity contribution in [3.8, 4) is 0 Å². The van der Waals surface area contributed by atoms with Gasteiger partial charge in [0.15, 0.2) is 0 Å². The van der Waals surface area contributed by atoms with Crippen LogP contribution in [0.5, 0.6) is 0 Å². The van der Waals surface area contributed by atoms with Gasteiger partial charge in [0.1, 0.15) is 0 Å². The first-order chi connectivity index (χ1) is 4.41. The Morgan fingerprint density at radius 2 is 2.10 bits per heavy atom. The van der Waals surface area contributed by atoms with Crippen LogP contribution in [0.15, 0.2) is 0 Å². The van der Waals surface area contributed by atoms with E-state index >= 15 is 0 Å². The molecule has 0 aromatic rings. The van der Waals surface area contributed by atoms with Gasteiger partial charge < -0.3 is 15.2 Å². The molecule has 2 N–H and O–H groups in total. The molecule has 0 atom stereocenters. The summed E-state index contributed by atoms with van der Waals surface area (Å²) >= 11 is 0. The van der Waals surface area contributed by atoms with Gasteiger partial charge in [0.25, 0.3) is 0 Å². The van der Waals surface area contributed by atoms with Crippen LogP contribution in [0.4, 0.5) is 0 Å². The number of hydrogen-bond acceptors (Lipinski definition) is 3. The van der Waals surface area contributed by atoms with E-state index < -0.39 is 0 Å². The SMILES string of the molecule is CCNCCOCCO.Cl. The Hall–Kier alpha value is 0.170. The Balaban J connectivity index is 0. The van der Waals surface area contributed by atoms with E-state index in [0.29, 0.717) is 13.2 Å². The van der Waals surface area contributed by atoms with Gasteiger partial charge in [-0.1, -0.05) is 6.92 Å². The predicted molar refractivity (Wildman–Crippen MR) is 43.7 cm³/mol. The molecule has 0 spiro atoms. The van der Waals surface area contributed by atoms with Crippen molar-refractivity contribution in [1.29, 1.82) is 0 Å². The summed E-state index contributed by atoms with van der Waals surface area (Å²) in [5.41, 5.74) is 0. The summed E-state index contributed by atoms with van der Waals surface area (Å²) < 4.78 is 4.97. The van der Waals surface area contributed by atoms with Gasteiger partial charge in [0.05, 0.1) is 19.8 Å². The molecule has 10 heavy (non-hydrogen) atoms. The highest BCUT2D eigenvalue weighted by Crippen LogP contribution is 1.69. The van der Waals surface area contributed by atoms with E-state index in [9.17, 15) is 0 Å². The Morgan fingerprint density at radius 1 is 1.40 bits per heavy atom. The minimum atomic E-state index is 0. The van der Waals surface area contributed by atoms with Gasteiger partial charge in [-0.2, -0.15) is 0 Å². The van der Waals surface area contributed by atoms with Crippen molar-refractivity contribution in [2.45, 2.75) is 6.92 Å². The van der Waals surface area contributed by atoms with Crippen LogP contribution < -0.4 is 5.32 Å². The molecule has 64 valence electrons. The number of likely N-dealkylation sites (N-methyl/N-ethyl adjacent to an activating group) is 1. The highest BCUT2D eigenvalue weighted by atomic mass is 35.5. The van der Waals surface area contributed by atoms with Crippen molar-refractivity contribution in [3.63, 3.8) is 0 Å². The van der Waals surface area contributed by atoms with Crippen molar-refractivity contribution in [1.82, 2.24) is 5.32 Å². The van der Waals surface area contributed by atoms with Gasteiger partial charge in [-0.05, 0) is 6.54 Å². The fraction of sp³-hybridized carbons (Fsp3) is 1.00. The van der Waals surface area contributed by atoms with Crippen molar-refractivity contribution in [3.05, 3.63) is 0 Å². The number of aliphatic hydroxyl groups excluding tert-OH is 1. The van der Waals surface area contributed by atoms with Crippen LogP contribution in [0.25, 0.3) is 0 Å². The fourth-order valence-electron chi connectivity index (χ4n) is 0.488. The molecule has 0 bridgehead atoms. The molecule has 0 radical (unpaired) electrons. The van der Waals surface area contributed by atoms with Crippen LogP contribution in [0.3, 0.4) is 0 Å². The van der Waals surface area contributed by atoms with E-state index in [2.05, 4.69) is 5.32 Å². The van der Waals surface area contributed by atoms with Crippen molar-refractivity contribution in [2.24, 2.45) is 0 Å². The molecule has 0 amide bonds. The summed E-state index contributed by atoms with van der Waals surface area (Å²) in [5, 5.41) is 11.4. The Bertz CT molecular complexity index is 49.0. The molecule has 0 aromatic carbocycles. The Labute approximate surface area is 68.2 Å². The quantitative estimate of drug-likeness (QED) is 0.552. The minimum absolute atomic E-state index is 0. The fourth-order valence-corrected chi connectivity index (χ4v) is 0.488. The molecule has 3 nitrogen and oxygen atoms in total. The van der Waals surface area contributed by atoms with E-state index in [4.69, 9.17) is 9.84 Å². The van der Waals surface area contributed by atoms with Crippen LogP contribution in [0.1, 0.15) is 6.92 Å². The highest BCUT2D eigenvalue weighted by Gasteiger charge is 1.83. The molecule has 0 saturated heterocycles. The smallest absolute Gasteiger partial charge is 0.0698 e. The molecule has 0 aliphatic heterocycles. The van der Waals surface area contributed by atoms with Gasteiger partial charge in [-0.25, -0.2) is 0 Å². The zero-order valence-corrected chi connectivity index (χ0v) is 7.12.